The molecule has 1 aliphatic rings. The van der Waals surface area contributed by atoms with Crippen molar-refractivity contribution in [1.29, 1.82) is 0 Å². The highest BCUT2D eigenvalue weighted by atomic mass is 32.1. The van der Waals surface area contributed by atoms with E-state index in [2.05, 4.69) is 8.75 Å². The van der Waals surface area contributed by atoms with Crippen LogP contribution < -0.4 is 4.74 Å². The van der Waals surface area contributed by atoms with E-state index in [-0.39, 0.29) is 0 Å². The second-order valence-corrected chi connectivity index (χ2v) is 8.86. The van der Waals surface area contributed by atoms with E-state index in [1.807, 2.05) is 42.6 Å². The van der Waals surface area contributed by atoms with Crippen LogP contribution in [-0.2, 0) is 21.7 Å². The predicted octanol–water partition coefficient (Wildman–Crippen LogP) is 4.47. The van der Waals surface area contributed by atoms with Gasteiger partial charge in [0.05, 0.1) is 24.4 Å². The average molecular weight is 451 g/mol. The number of aliphatic hydroxyl groups is 1. The molecule has 5 rings (SSSR count). The molecule has 2 aromatic heterocycles. The minimum Gasteiger partial charge on any atom is -0.496 e. The van der Waals surface area contributed by atoms with E-state index in [0.717, 1.165) is 27.7 Å². The standard InChI is InChI=1S/C23H18N2O4S2/c1-13-10-15(6-8-20(13)28-2)23(27)17(12-16-4-3-9-30-16)21(22(26)29-23)14-5-7-18-19(11-14)25-31-24-18/h3-11,27H,12H2,1-2H3. The van der Waals surface area contributed by atoms with E-state index < -0.39 is 11.8 Å². The van der Waals surface area contributed by atoms with Crippen LogP contribution in [0.3, 0.4) is 0 Å². The van der Waals surface area contributed by atoms with Gasteiger partial charge in [0.1, 0.15) is 16.8 Å². The quantitative estimate of drug-likeness (QED) is 0.452. The van der Waals surface area contributed by atoms with Gasteiger partial charge in [-0.1, -0.05) is 12.1 Å². The number of cyclic esters (lactones) is 1. The summed E-state index contributed by atoms with van der Waals surface area (Å²) < 4.78 is 19.5. The van der Waals surface area contributed by atoms with Crippen molar-refractivity contribution in [3.8, 4) is 5.75 Å². The van der Waals surface area contributed by atoms with Gasteiger partial charge >= 0.3 is 5.97 Å². The smallest absolute Gasteiger partial charge is 0.342 e. The van der Waals surface area contributed by atoms with E-state index in [1.54, 1.807) is 36.6 Å². The summed E-state index contributed by atoms with van der Waals surface area (Å²) >= 11 is 2.68. The molecule has 6 nitrogen and oxygen atoms in total. The molecule has 1 aliphatic heterocycles. The zero-order chi connectivity index (χ0) is 21.6. The lowest BCUT2D eigenvalue weighted by molar-refractivity contribution is -0.185. The van der Waals surface area contributed by atoms with Crippen LogP contribution in [0.1, 0.15) is 21.6 Å². The number of fused-ring (bicyclic) bond motifs is 1. The highest BCUT2D eigenvalue weighted by Gasteiger charge is 2.48. The van der Waals surface area contributed by atoms with Gasteiger partial charge in [0.2, 0.25) is 0 Å². The molecule has 0 amide bonds. The second kappa shape index (κ2) is 7.56. The Morgan fingerprint density at radius 1 is 1.13 bits per heavy atom. The highest BCUT2D eigenvalue weighted by molar-refractivity contribution is 7.09. The fraction of sp³-hybridized carbons (Fsp3) is 0.174. The first kappa shape index (κ1) is 19.9. The molecule has 8 heteroatoms. The number of ether oxygens (including phenoxy) is 2. The van der Waals surface area contributed by atoms with Crippen molar-refractivity contribution in [3.05, 3.63) is 81.1 Å². The number of hydrogen-bond acceptors (Lipinski definition) is 8. The van der Waals surface area contributed by atoms with E-state index in [9.17, 15) is 9.90 Å². The number of aromatic nitrogens is 2. The second-order valence-electron chi connectivity index (χ2n) is 7.30. The zero-order valence-electron chi connectivity index (χ0n) is 16.8. The summed E-state index contributed by atoms with van der Waals surface area (Å²) in [5.41, 5.74) is 4.31. The molecule has 1 atom stereocenters. The fourth-order valence-electron chi connectivity index (χ4n) is 3.89. The summed E-state index contributed by atoms with van der Waals surface area (Å²) in [5, 5.41) is 13.7. The predicted molar refractivity (Wildman–Crippen MR) is 120 cm³/mol. The number of carbonyl (C=O) groups excluding carboxylic acids is 1. The molecule has 3 heterocycles. The molecule has 0 radical (unpaired) electrons. The fourth-order valence-corrected chi connectivity index (χ4v) is 5.12. The maximum atomic E-state index is 13.1. The Bertz CT molecular complexity index is 1330. The molecule has 156 valence electrons. The molecule has 0 saturated heterocycles. The van der Waals surface area contributed by atoms with Crippen LogP contribution in [-0.4, -0.2) is 26.9 Å². The lowest BCUT2D eigenvalue weighted by Gasteiger charge is -2.26. The summed E-state index contributed by atoms with van der Waals surface area (Å²) in [6.07, 6.45) is 0.383. The molecule has 1 unspecified atom stereocenters. The van der Waals surface area contributed by atoms with Crippen LogP contribution in [0.25, 0.3) is 16.6 Å². The molecule has 0 saturated carbocycles. The van der Waals surface area contributed by atoms with Crippen molar-refractivity contribution >= 4 is 45.6 Å². The number of rotatable bonds is 5. The Balaban J connectivity index is 1.71. The Morgan fingerprint density at radius 2 is 1.97 bits per heavy atom. The molecule has 0 bridgehead atoms. The van der Waals surface area contributed by atoms with Crippen LogP contribution in [0.2, 0.25) is 0 Å². The van der Waals surface area contributed by atoms with Gasteiger partial charge in [0, 0.05) is 22.4 Å². The molecule has 0 fully saturated rings. The molecular weight excluding hydrogens is 432 g/mol. The first-order valence-corrected chi connectivity index (χ1v) is 11.2. The van der Waals surface area contributed by atoms with Gasteiger partial charge < -0.3 is 14.6 Å². The number of esters is 1. The van der Waals surface area contributed by atoms with Crippen molar-refractivity contribution < 1.29 is 19.4 Å². The lowest BCUT2D eigenvalue weighted by Crippen LogP contribution is -2.29. The summed E-state index contributed by atoms with van der Waals surface area (Å²) in [6, 6.07) is 14.7. The molecule has 0 spiro atoms. The van der Waals surface area contributed by atoms with E-state index >= 15 is 0 Å². The Hall–Kier alpha value is -3.07. The molecule has 0 aliphatic carbocycles. The Labute approximate surface area is 186 Å². The number of benzene rings is 2. The van der Waals surface area contributed by atoms with Crippen molar-refractivity contribution in [2.24, 2.45) is 0 Å². The molecule has 31 heavy (non-hydrogen) atoms. The van der Waals surface area contributed by atoms with Gasteiger partial charge in [-0.15, -0.1) is 11.3 Å². The number of thiophene rings is 1. The van der Waals surface area contributed by atoms with Crippen molar-refractivity contribution in [3.63, 3.8) is 0 Å². The van der Waals surface area contributed by atoms with E-state index in [1.165, 1.54) is 0 Å². The van der Waals surface area contributed by atoms with Crippen molar-refractivity contribution in [1.82, 2.24) is 8.75 Å². The SMILES string of the molecule is COc1ccc(C2(O)OC(=O)C(c3ccc4nsnc4c3)=C2Cc2cccs2)cc1C. The van der Waals surface area contributed by atoms with E-state index in [0.29, 0.717) is 40.0 Å². The molecule has 4 aromatic rings. The number of nitrogens with zero attached hydrogens (tertiary/aromatic N) is 2. The van der Waals surface area contributed by atoms with Crippen molar-refractivity contribution in [2.75, 3.05) is 7.11 Å². The maximum absolute atomic E-state index is 13.1. The number of methoxy groups -OCH3 is 1. The lowest BCUT2D eigenvalue weighted by atomic mass is 9.89. The topological polar surface area (TPSA) is 81.5 Å². The maximum Gasteiger partial charge on any atom is 0.342 e. The van der Waals surface area contributed by atoms with Crippen LogP contribution >= 0.6 is 23.1 Å². The van der Waals surface area contributed by atoms with Crippen molar-refractivity contribution in [2.45, 2.75) is 19.1 Å². The van der Waals surface area contributed by atoms with Crippen LogP contribution in [0.5, 0.6) is 5.75 Å². The summed E-state index contributed by atoms with van der Waals surface area (Å²) in [6.45, 7) is 1.88. The first-order valence-electron chi connectivity index (χ1n) is 9.59. The monoisotopic (exact) mass is 450 g/mol. The number of hydrogen-bond donors (Lipinski definition) is 1. The Morgan fingerprint density at radius 3 is 2.71 bits per heavy atom. The third kappa shape index (κ3) is 3.33. The van der Waals surface area contributed by atoms with Crippen LogP contribution in [0.15, 0.2) is 59.5 Å². The largest absolute Gasteiger partial charge is 0.496 e. The van der Waals surface area contributed by atoms with Crippen LogP contribution in [0.4, 0.5) is 0 Å². The van der Waals surface area contributed by atoms with Gasteiger partial charge in [-0.3, -0.25) is 0 Å². The molecular formula is C23H18N2O4S2. The minimum absolute atomic E-state index is 0.360. The van der Waals surface area contributed by atoms with Crippen LogP contribution in [0, 0.1) is 6.92 Å². The van der Waals surface area contributed by atoms with Gasteiger partial charge in [-0.25, -0.2) is 4.79 Å². The molecule has 2 aromatic carbocycles. The summed E-state index contributed by atoms with van der Waals surface area (Å²) in [5.74, 6) is -1.74. The van der Waals surface area contributed by atoms with Gasteiger partial charge in [0.15, 0.2) is 0 Å². The Kier molecular flexibility index (Phi) is 4.85. The number of aryl methyl sites for hydroxylation is 1. The average Bonchev–Trinajstić information content (AvgIpc) is 3.48. The summed E-state index contributed by atoms with van der Waals surface area (Å²) in [7, 11) is 1.59. The summed E-state index contributed by atoms with van der Waals surface area (Å²) in [4.78, 5) is 14.1. The number of carbonyl (C=O) groups is 1. The van der Waals surface area contributed by atoms with Gasteiger partial charge in [-0.2, -0.15) is 8.75 Å². The third-order valence-electron chi connectivity index (χ3n) is 5.42. The molecule has 1 N–H and O–H groups in total. The normalized spacial score (nSPS) is 18.6. The van der Waals surface area contributed by atoms with Gasteiger partial charge in [-0.05, 0) is 59.8 Å². The van der Waals surface area contributed by atoms with E-state index in [4.69, 9.17) is 9.47 Å². The third-order valence-corrected chi connectivity index (χ3v) is 6.85. The zero-order valence-corrected chi connectivity index (χ0v) is 18.4. The van der Waals surface area contributed by atoms with Gasteiger partial charge in [0.25, 0.3) is 5.79 Å². The minimum atomic E-state index is -1.87. The highest BCUT2D eigenvalue weighted by Crippen LogP contribution is 2.45. The first-order chi connectivity index (χ1) is 15.0.